The second-order valence-corrected chi connectivity index (χ2v) is 3.70. The van der Waals surface area contributed by atoms with Gasteiger partial charge in [0.05, 0.1) is 6.07 Å². The van der Waals surface area contributed by atoms with E-state index < -0.39 is 0 Å². The largest absolute Gasteiger partial charge is 0.198 e. The minimum atomic E-state index is 0.796. The van der Waals surface area contributed by atoms with Crippen molar-refractivity contribution in [2.24, 2.45) is 17.8 Å². The zero-order valence-electron chi connectivity index (χ0n) is 6.21. The van der Waals surface area contributed by atoms with Gasteiger partial charge in [0.2, 0.25) is 0 Å². The van der Waals surface area contributed by atoms with Crippen LogP contribution < -0.4 is 0 Å². The van der Waals surface area contributed by atoms with E-state index in [1.807, 2.05) is 0 Å². The molecule has 2 aliphatic rings. The molecule has 0 aromatic heterocycles. The van der Waals surface area contributed by atoms with Crippen LogP contribution in [-0.2, 0) is 0 Å². The molecule has 0 atom stereocenters. The molecule has 0 N–H and O–H groups in total. The fourth-order valence-electron chi connectivity index (χ4n) is 1.87. The summed E-state index contributed by atoms with van der Waals surface area (Å²) in [6.07, 6.45) is 6.45. The predicted octanol–water partition coefficient (Wildman–Crippen LogP) is 2.34. The molecule has 2 rings (SSSR count). The van der Waals surface area contributed by atoms with E-state index in [4.69, 9.17) is 5.26 Å². The minimum absolute atomic E-state index is 0.796. The first kappa shape index (κ1) is 6.22. The van der Waals surface area contributed by atoms with Crippen LogP contribution in [0.5, 0.6) is 0 Å². The molecule has 2 aliphatic carbocycles. The molecule has 0 aliphatic heterocycles. The Morgan fingerprint density at radius 2 is 1.70 bits per heavy atom. The van der Waals surface area contributed by atoms with Crippen molar-refractivity contribution in [2.45, 2.75) is 32.1 Å². The second-order valence-electron chi connectivity index (χ2n) is 3.70. The average Bonchev–Trinajstić information content (AvgIpc) is 2.77. The van der Waals surface area contributed by atoms with E-state index in [2.05, 4.69) is 6.07 Å². The van der Waals surface area contributed by atoms with Crippen LogP contribution in [0.1, 0.15) is 32.1 Å². The molecular weight excluding hydrogens is 122 g/mol. The molecule has 2 saturated carbocycles. The molecule has 0 saturated heterocycles. The van der Waals surface area contributed by atoms with E-state index in [1.165, 1.54) is 25.7 Å². The first-order valence-electron chi connectivity index (χ1n) is 4.29. The van der Waals surface area contributed by atoms with Crippen molar-refractivity contribution in [3.8, 4) is 6.07 Å². The Labute approximate surface area is 62.0 Å². The summed E-state index contributed by atoms with van der Waals surface area (Å²) in [4.78, 5) is 0. The van der Waals surface area contributed by atoms with Crippen LogP contribution >= 0.6 is 0 Å². The highest BCUT2D eigenvalue weighted by molar-refractivity contribution is 4.95. The van der Waals surface area contributed by atoms with Gasteiger partial charge in [-0.25, -0.2) is 0 Å². The summed E-state index contributed by atoms with van der Waals surface area (Å²) in [6.45, 7) is 0. The molecule has 1 nitrogen and oxygen atoms in total. The van der Waals surface area contributed by atoms with Crippen LogP contribution in [0.3, 0.4) is 0 Å². The van der Waals surface area contributed by atoms with Crippen LogP contribution in [0.15, 0.2) is 0 Å². The molecule has 0 unspecified atom stereocenters. The number of hydrogen-bond donors (Lipinski definition) is 0. The first-order chi connectivity index (χ1) is 4.92. The highest BCUT2D eigenvalue weighted by atomic mass is 14.5. The lowest BCUT2D eigenvalue weighted by Gasteiger charge is -2.08. The van der Waals surface area contributed by atoms with E-state index in [0.717, 1.165) is 24.2 Å². The lowest BCUT2D eigenvalue weighted by molar-refractivity contribution is 0.414. The Kier molecular flexibility index (Phi) is 1.41. The third-order valence-corrected chi connectivity index (χ3v) is 2.78. The topological polar surface area (TPSA) is 23.8 Å². The third-order valence-electron chi connectivity index (χ3n) is 2.78. The molecule has 0 bridgehead atoms. The molecule has 0 aromatic rings. The first-order valence-corrected chi connectivity index (χ1v) is 4.29. The highest BCUT2D eigenvalue weighted by Crippen LogP contribution is 2.50. The second kappa shape index (κ2) is 2.27. The van der Waals surface area contributed by atoms with E-state index >= 15 is 0 Å². The Bertz CT molecular complexity index is 148. The summed E-state index contributed by atoms with van der Waals surface area (Å²) in [5.74, 6) is 2.70. The fourth-order valence-corrected chi connectivity index (χ4v) is 1.87. The zero-order valence-corrected chi connectivity index (χ0v) is 6.21. The van der Waals surface area contributed by atoms with Crippen molar-refractivity contribution < 1.29 is 0 Å². The van der Waals surface area contributed by atoms with Crippen LogP contribution in [0.2, 0.25) is 0 Å². The molecule has 0 amide bonds. The van der Waals surface area contributed by atoms with E-state index in [0.29, 0.717) is 0 Å². The van der Waals surface area contributed by atoms with Crippen molar-refractivity contribution in [1.29, 1.82) is 5.26 Å². The molecule has 0 aromatic carbocycles. The Balaban J connectivity index is 1.87. The van der Waals surface area contributed by atoms with Gasteiger partial charge < -0.3 is 0 Å². The summed E-state index contributed by atoms with van der Waals surface area (Å²) >= 11 is 0. The lowest BCUT2D eigenvalue weighted by atomic mass is 9.95. The molecule has 0 heterocycles. The van der Waals surface area contributed by atoms with Crippen molar-refractivity contribution in [3.63, 3.8) is 0 Å². The fraction of sp³-hybridized carbons (Fsp3) is 0.889. The van der Waals surface area contributed by atoms with Gasteiger partial charge in [-0.2, -0.15) is 5.26 Å². The van der Waals surface area contributed by atoms with Gasteiger partial charge in [0.25, 0.3) is 0 Å². The molecular formula is C9H13N. The van der Waals surface area contributed by atoms with Crippen molar-refractivity contribution >= 4 is 0 Å². The summed E-state index contributed by atoms with van der Waals surface area (Å²) in [6, 6.07) is 2.31. The quantitative estimate of drug-likeness (QED) is 0.582. The molecule has 54 valence electrons. The van der Waals surface area contributed by atoms with Crippen LogP contribution in [-0.4, -0.2) is 0 Å². The van der Waals surface area contributed by atoms with Gasteiger partial charge in [0.1, 0.15) is 0 Å². The summed E-state index contributed by atoms with van der Waals surface area (Å²) in [7, 11) is 0. The molecule has 0 radical (unpaired) electrons. The van der Waals surface area contributed by atoms with E-state index in [1.54, 1.807) is 0 Å². The number of nitrogens with zero attached hydrogens (tertiary/aromatic N) is 1. The number of rotatable bonds is 3. The van der Waals surface area contributed by atoms with E-state index in [9.17, 15) is 0 Å². The summed E-state index contributed by atoms with van der Waals surface area (Å²) in [5, 5.41) is 8.54. The SMILES string of the molecule is N#CCC(C1CC1)C1CC1. The maximum Gasteiger partial charge on any atom is 0.0624 e. The number of nitriles is 1. The minimum Gasteiger partial charge on any atom is -0.198 e. The van der Waals surface area contributed by atoms with E-state index in [-0.39, 0.29) is 0 Å². The van der Waals surface area contributed by atoms with Crippen LogP contribution in [0, 0.1) is 29.1 Å². The smallest absolute Gasteiger partial charge is 0.0624 e. The standard InChI is InChI=1S/C9H13N/c10-6-5-9(7-1-2-7)8-3-4-8/h7-9H,1-5H2. The van der Waals surface area contributed by atoms with Gasteiger partial charge in [-0.05, 0) is 43.4 Å². The van der Waals surface area contributed by atoms with Gasteiger partial charge in [-0.1, -0.05) is 0 Å². The molecule has 1 heteroatoms. The van der Waals surface area contributed by atoms with Gasteiger partial charge in [0.15, 0.2) is 0 Å². The Hall–Kier alpha value is -0.510. The van der Waals surface area contributed by atoms with Crippen LogP contribution in [0.25, 0.3) is 0 Å². The van der Waals surface area contributed by atoms with Crippen molar-refractivity contribution in [2.75, 3.05) is 0 Å². The zero-order chi connectivity index (χ0) is 6.97. The highest BCUT2D eigenvalue weighted by Gasteiger charge is 2.40. The normalized spacial score (nSPS) is 24.8. The summed E-state index contributed by atoms with van der Waals surface area (Å²) < 4.78 is 0. The maximum atomic E-state index is 8.54. The van der Waals surface area contributed by atoms with Crippen molar-refractivity contribution in [3.05, 3.63) is 0 Å². The maximum absolute atomic E-state index is 8.54. The van der Waals surface area contributed by atoms with Gasteiger partial charge in [-0.3, -0.25) is 0 Å². The van der Waals surface area contributed by atoms with Gasteiger partial charge >= 0.3 is 0 Å². The van der Waals surface area contributed by atoms with Gasteiger partial charge in [-0.15, -0.1) is 0 Å². The van der Waals surface area contributed by atoms with Crippen LogP contribution in [0.4, 0.5) is 0 Å². The summed E-state index contributed by atoms with van der Waals surface area (Å²) in [5.41, 5.74) is 0. The average molecular weight is 135 g/mol. The molecule has 0 spiro atoms. The third kappa shape index (κ3) is 1.16. The van der Waals surface area contributed by atoms with Crippen molar-refractivity contribution in [1.82, 2.24) is 0 Å². The molecule has 10 heavy (non-hydrogen) atoms. The Morgan fingerprint density at radius 1 is 1.20 bits per heavy atom. The monoisotopic (exact) mass is 135 g/mol. The lowest BCUT2D eigenvalue weighted by Crippen LogP contribution is -2.03. The Morgan fingerprint density at radius 3 is 2.00 bits per heavy atom. The molecule has 2 fully saturated rings. The van der Waals surface area contributed by atoms with Gasteiger partial charge in [0, 0.05) is 6.42 Å². The predicted molar refractivity (Wildman–Crippen MR) is 39.2 cm³/mol. The number of hydrogen-bond acceptors (Lipinski definition) is 1.